The highest BCUT2D eigenvalue weighted by atomic mass is 32.1. The average Bonchev–Trinajstić information content (AvgIpc) is 2.90. The molecule has 0 bridgehead atoms. The molecule has 1 aromatic carbocycles. The maximum atomic E-state index is 12.2. The molecule has 0 fully saturated rings. The van der Waals surface area contributed by atoms with Gasteiger partial charge in [0, 0.05) is 24.4 Å². The van der Waals surface area contributed by atoms with Crippen LogP contribution in [0.2, 0.25) is 0 Å². The molecule has 5 nitrogen and oxygen atoms in total. The number of carbonyl (C=O) groups is 2. The van der Waals surface area contributed by atoms with Gasteiger partial charge in [-0.15, -0.1) is 11.3 Å². The second-order valence-electron chi connectivity index (χ2n) is 6.03. The molecule has 0 saturated carbocycles. The van der Waals surface area contributed by atoms with Gasteiger partial charge in [-0.05, 0) is 31.0 Å². The zero-order chi connectivity index (χ0) is 17.1. The fraction of sp³-hybridized carbons (Fsp3) is 0.333. The van der Waals surface area contributed by atoms with Gasteiger partial charge in [-0.1, -0.05) is 30.3 Å². The first-order valence-electron chi connectivity index (χ1n) is 7.94. The number of aryl methyl sites for hydroxylation is 1. The number of benzene rings is 1. The lowest BCUT2D eigenvalue weighted by Gasteiger charge is -2.22. The second-order valence-corrected chi connectivity index (χ2v) is 7.14. The lowest BCUT2D eigenvalue weighted by molar-refractivity contribution is -0.116. The molecular weight excluding hydrogens is 324 g/mol. The molecule has 6 heteroatoms. The molecule has 1 aliphatic rings. The van der Waals surface area contributed by atoms with Gasteiger partial charge in [-0.25, -0.2) is 4.79 Å². The van der Waals surface area contributed by atoms with E-state index in [1.54, 1.807) is 0 Å². The minimum atomic E-state index is -0.963. The van der Waals surface area contributed by atoms with E-state index < -0.39 is 5.97 Å². The highest BCUT2D eigenvalue weighted by Crippen LogP contribution is 2.36. The number of fused-ring (bicyclic) bond motifs is 1. The standard InChI is InChI=1S/C18H20N2O3S/c1-20-10-9-13-14(11-20)24-17(16(13)18(22)23)19-15(21)8-7-12-5-3-2-4-6-12/h2-6H,7-11H2,1H3,(H,19,21)(H,22,23). The van der Waals surface area contributed by atoms with Crippen LogP contribution in [0.25, 0.3) is 0 Å². The smallest absolute Gasteiger partial charge is 0.339 e. The maximum Gasteiger partial charge on any atom is 0.339 e. The molecular formula is C18H20N2O3S. The van der Waals surface area contributed by atoms with E-state index >= 15 is 0 Å². The van der Waals surface area contributed by atoms with Crippen molar-refractivity contribution in [2.45, 2.75) is 25.8 Å². The molecule has 2 aromatic rings. The third kappa shape index (κ3) is 3.66. The Kier molecular flexibility index (Phi) is 4.97. The number of hydrogen-bond acceptors (Lipinski definition) is 4. The molecule has 1 aliphatic heterocycles. The second kappa shape index (κ2) is 7.15. The van der Waals surface area contributed by atoms with E-state index in [4.69, 9.17) is 0 Å². The third-order valence-corrected chi connectivity index (χ3v) is 5.33. The Bertz CT molecular complexity index is 755. The van der Waals surface area contributed by atoms with Crippen LogP contribution >= 0.6 is 11.3 Å². The molecule has 1 aromatic heterocycles. The number of anilines is 1. The van der Waals surface area contributed by atoms with Crippen LogP contribution in [0.3, 0.4) is 0 Å². The SMILES string of the molecule is CN1CCc2c(sc(NC(=O)CCc3ccccc3)c2C(=O)O)C1. The predicted molar refractivity (Wildman–Crippen MR) is 94.7 cm³/mol. The predicted octanol–water partition coefficient (Wildman–Crippen LogP) is 3.01. The summed E-state index contributed by atoms with van der Waals surface area (Å²) in [7, 11) is 2.02. The van der Waals surface area contributed by atoms with Crippen LogP contribution in [0.1, 0.15) is 32.8 Å². The molecule has 24 heavy (non-hydrogen) atoms. The van der Waals surface area contributed by atoms with Crippen molar-refractivity contribution >= 4 is 28.2 Å². The van der Waals surface area contributed by atoms with Crippen molar-refractivity contribution in [2.24, 2.45) is 0 Å². The van der Waals surface area contributed by atoms with Crippen LogP contribution in [0.5, 0.6) is 0 Å². The molecule has 0 unspecified atom stereocenters. The summed E-state index contributed by atoms with van der Waals surface area (Å²) in [6.07, 6.45) is 1.69. The quantitative estimate of drug-likeness (QED) is 0.875. The summed E-state index contributed by atoms with van der Waals surface area (Å²) in [5, 5.41) is 12.8. The van der Waals surface area contributed by atoms with Crippen molar-refractivity contribution < 1.29 is 14.7 Å². The van der Waals surface area contributed by atoms with Gasteiger partial charge < -0.3 is 15.3 Å². The zero-order valence-corrected chi connectivity index (χ0v) is 14.4. The number of thiophene rings is 1. The lowest BCUT2D eigenvalue weighted by atomic mass is 10.0. The number of carbonyl (C=O) groups excluding carboxylic acids is 1. The Morgan fingerprint density at radius 2 is 2.04 bits per heavy atom. The van der Waals surface area contributed by atoms with Crippen LogP contribution < -0.4 is 5.32 Å². The van der Waals surface area contributed by atoms with Crippen LogP contribution in [-0.2, 0) is 24.2 Å². The lowest BCUT2D eigenvalue weighted by Crippen LogP contribution is -2.26. The van der Waals surface area contributed by atoms with E-state index in [2.05, 4.69) is 10.2 Å². The van der Waals surface area contributed by atoms with Crippen molar-refractivity contribution in [1.82, 2.24) is 4.90 Å². The normalized spacial score (nSPS) is 14.2. The third-order valence-electron chi connectivity index (χ3n) is 4.20. The van der Waals surface area contributed by atoms with E-state index in [0.717, 1.165) is 29.1 Å². The number of carboxylic acid groups (broad SMARTS) is 1. The van der Waals surface area contributed by atoms with E-state index in [0.29, 0.717) is 24.3 Å². The van der Waals surface area contributed by atoms with Crippen LogP contribution in [0, 0.1) is 0 Å². The molecule has 1 amide bonds. The van der Waals surface area contributed by atoms with Gasteiger partial charge in [0.05, 0.1) is 5.56 Å². The van der Waals surface area contributed by atoms with Crippen molar-refractivity contribution in [3.63, 3.8) is 0 Å². The summed E-state index contributed by atoms with van der Waals surface area (Å²) >= 11 is 1.39. The average molecular weight is 344 g/mol. The van der Waals surface area contributed by atoms with Crippen molar-refractivity contribution in [2.75, 3.05) is 18.9 Å². The topological polar surface area (TPSA) is 69.6 Å². The van der Waals surface area contributed by atoms with Crippen LogP contribution in [0.4, 0.5) is 5.00 Å². The van der Waals surface area contributed by atoms with Gasteiger partial charge in [0.25, 0.3) is 0 Å². The van der Waals surface area contributed by atoms with E-state index in [-0.39, 0.29) is 11.5 Å². The molecule has 0 saturated heterocycles. The number of nitrogens with zero attached hydrogens (tertiary/aromatic N) is 1. The summed E-state index contributed by atoms with van der Waals surface area (Å²) in [5.41, 5.74) is 2.25. The summed E-state index contributed by atoms with van der Waals surface area (Å²) < 4.78 is 0. The fourth-order valence-electron chi connectivity index (χ4n) is 2.94. The molecule has 3 rings (SSSR count). The van der Waals surface area contributed by atoms with Gasteiger partial charge in [-0.3, -0.25) is 4.79 Å². The summed E-state index contributed by atoms with van der Waals surface area (Å²) in [5.74, 6) is -1.11. The molecule has 0 spiro atoms. The number of amides is 1. The van der Waals surface area contributed by atoms with Crippen molar-refractivity contribution in [3.05, 3.63) is 51.9 Å². The first-order chi connectivity index (χ1) is 11.5. The van der Waals surface area contributed by atoms with Crippen LogP contribution in [-0.4, -0.2) is 35.5 Å². The largest absolute Gasteiger partial charge is 0.478 e. The Morgan fingerprint density at radius 3 is 2.75 bits per heavy atom. The molecule has 0 radical (unpaired) electrons. The number of hydrogen-bond donors (Lipinski definition) is 2. The minimum Gasteiger partial charge on any atom is -0.478 e. The van der Waals surface area contributed by atoms with Crippen molar-refractivity contribution in [3.8, 4) is 0 Å². The Labute approximate surface area is 144 Å². The number of nitrogens with one attached hydrogen (secondary N) is 1. The van der Waals surface area contributed by atoms with Gasteiger partial charge >= 0.3 is 5.97 Å². The number of carboxylic acids is 1. The van der Waals surface area contributed by atoms with E-state index in [1.807, 2.05) is 37.4 Å². The van der Waals surface area contributed by atoms with Gasteiger partial charge in [0.2, 0.25) is 5.91 Å². The Morgan fingerprint density at radius 1 is 1.29 bits per heavy atom. The minimum absolute atomic E-state index is 0.145. The summed E-state index contributed by atoms with van der Waals surface area (Å²) in [6.45, 7) is 1.57. The Hall–Kier alpha value is -2.18. The molecule has 0 atom stereocenters. The highest BCUT2D eigenvalue weighted by molar-refractivity contribution is 7.17. The fourth-order valence-corrected chi connectivity index (χ4v) is 4.27. The molecule has 0 aliphatic carbocycles. The summed E-state index contributed by atoms with van der Waals surface area (Å²) in [6, 6.07) is 9.79. The van der Waals surface area contributed by atoms with Gasteiger partial charge in [0.1, 0.15) is 5.00 Å². The number of aromatic carboxylic acids is 1. The first-order valence-corrected chi connectivity index (χ1v) is 8.76. The van der Waals surface area contributed by atoms with E-state index in [1.165, 1.54) is 11.3 Å². The summed E-state index contributed by atoms with van der Waals surface area (Å²) in [4.78, 5) is 27.1. The first kappa shape index (κ1) is 16.7. The van der Waals surface area contributed by atoms with Crippen LogP contribution in [0.15, 0.2) is 30.3 Å². The number of likely N-dealkylation sites (N-methyl/N-ethyl adjacent to an activating group) is 1. The highest BCUT2D eigenvalue weighted by Gasteiger charge is 2.27. The maximum absolute atomic E-state index is 12.2. The van der Waals surface area contributed by atoms with Gasteiger partial charge in [0.15, 0.2) is 0 Å². The molecule has 2 heterocycles. The monoisotopic (exact) mass is 344 g/mol. The number of rotatable bonds is 5. The van der Waals surface area contributed by atoms with Gasteiger partial charge in [-0.2, -0.15) is 0 Å². The zero-order valence-electron chi connectivity index (χ0n) is 13.5. The van der Waals surface area contributed by atoms with E-state index in [9.17, 15) is 14.7 Å². The molecule has 2 N–H and O–H groups in total. The molecule has 126 valence electrons. The van der Waals surface area contributed by atoms with Crippen molar-refractivity contribution in [1.29, 1.82) is 0 Å². The Balaban J connectivity index is 1.72.